The second-order valence-corrected chi connectivity index (χ2v) is 11.5. The molecule has 0 aliphatic carbocycles. The Hall–Kier alpha value is -5.56. The van der Waals surface area contributed by atoms with Crippen molar-refractivity contribution in [3.8, 4) is 46.0 Å². The number of hydrogen-bond acceptors (Lipinski definition) is 13. The summed E-state index contributed by atoms with van der Waals surface area (Å²) in [5.41, 5.74) is 2.45. The highest BCUT2D eigenvalue weighted by atomic mass is 16.5. The number of benzene rings is 3. The van der Waals surface area contributed by atoms with E-state index in [0.717, 1.165) is 16.7 Å². The summed E-state index contributed by atoms with van der Waals surface area (Å²) in [6.07, 6.45) is 0.344. The topological polar surface area (TPSA) is 156 Å². The fraction of sp³-hybridized carbons (Fsp3) is 0.351. The molecule has 3 aromatic carbocycles. The van der Waals surface area contributed by atoms with Gasteiger partial charge in [-0.25, -0.2) is 0 Å². The van der Waals surface area contributed by atoms with Crippen LogP contribution in [0.5, 0.6) is 46.0 Å². The highest BCUT2D eigenvalue weighted by molar-refractivity contribution is 5.71. The lowest BCUT2D eigenvalue weighted by atomic mass is 9.87. The van der Waals surface area contributed by atoms with Gasteiger partial charge in [-0.1, -0.05) is 6.07 Å². The van der Waals surface area contributed by atoms with E-state index in [9.17, 15) is 19.8 Å². The van der Waals surface area contributed by atoms with Crippen LogP contribution in [0.4, 0.5) is 0 Å². The van der Waals surface area contributed by atoms with Gasteiger partial charge in [-0.2, -0.15) is 0 Å². The number of fused-ring (bicyclic) bond motifs is 1. The van der Waals surface area contributed by atoms with Crippen molar-refractivity contribution in [2.75, 3.05) is 56.3 Å². The number of carbonyl (C=O) groups is 1. The molecule has 1 aliphatic rings. The standard InChI is InChI=1S/C37H41NO12/c1-43-28-9-8-20(12-26(28)39)25(18-33(41)48-6)36-35(42)27(40)16-23(50-36)19-38-11-10-21-13-29(44-2)30(45-3)17-24(21)34(38)22-14-31(46-4)37(49-7)32(15-22)47-5/h8-9,12-17,25,34,39,42H,10-11,18-19H2,1-7H3/t25-,34-/m1/s1. The van der Waals surface area contributed by atoms with Crippen LogP contribution in [0.1, 0.15) is 52.2 Å². The monoisotopic (exact) mass is 691 g/mol. The Morgan fingerprint density at radius 1 is 0.820 bits per heavy atom. The van der Waals surface area contributed by atoms with Crippen LogP contribution in [0, 0.1) is 0 Å². The lowest BCUT2D eigenvalue weighted by Gasteiger charge is -2.38. The van der Waals surface area contributed by atoms with Crippen LogP contribution in [0.2, 0.25) is 0 Å². The SMILES string of the molecule is COC(=O)C[C@H](c1ccc(OC)c(O)c1)c1oc(CN2CCc3cc(OC)c(OC)cc3[C@H]2c2cc(OC)c(OC)c(OC)c2)cc(=O)c1O. The largest absolute Gasteiger partial charge is 0.504 e. The number of methoxy groups -OCH3 is 7. The summed E-state index contributed by atoms with van der Waals surface area (Å²) in [7, 11) is 10.4. The van der Waals surface area contributed by atoms with Gasteiger partial charge < -0.3 is 47.8 Å². The maximum Gasteiger partial charge on any atom is 0.306 e. The second kappa shape index (κ2) is 15.3. The van der Waals surface area contributed by atoms with Gasteiger partial charge in [0.1, 0.15) is 5.76 Å². The van der Waals surface area contributed by atoms with E-state index in [4.69, 9.17) is 37.6 Å². The Morgan fingerprint density at radius 2 is 1.46 bits per heavy atom. The van der Waals surface area contributed by atoms with E-state index in [2.05, 4.69) is 4.90 Å². The van der Waals surface area contributed by atoms with E-state index in [1.165, 1.54) is 39.5 Å². The average Bonchev–Trinajstić information content (AvgIpc) is 3.13. The summed E-state index contributed by atoms with van der Waals surface area (Å²) >= 11 is 0. The molecule has 1 aromatic heterocycles. The molecular weight excluding hydrogens is 650 g/mol. The van der Waals surface area contributed by atoms with E-state index >= 15 is 0 Å². The fourth-order valence-corrected chi connectivity index (χ4v) is 6.42. The lowest BCUT2D eigenvalue weighted by Crippen LogP contribution is -2.36. The Balaban J connectivity index is 1.65. The average molecular weight is 692 g/mol. The summed E-state index contributed by atoms with van der Waals surface area (Å²) in [5.74, 6) is 0.358. The number of carbonyl (C=O) groups excluding carboxylic acids is 1. The smallest absolute Gasteiger partial charge is 0.306 e. The predicted octanol–water partition coefficient (Wildman–Crippen LogP) is 4.95. The minimum atomic E-state index is -0.975. The Morgan fingerprint density at radius 3 is 2.04 bits per heavy atom. The van der Waals surface area contributed by atoms with Gasteiger partial charge in [0.05, 0.1) is 74.7 Å². The Labute approximate surface area is 289 Å². The second-order valence-electron chi connectivity index (χ2n) is 11.5. The minimum absolute atomic E-state index is 0.121. The molecule has 0 bridgehead atoms. The Bertz CT molecular complexity index is 1890. The summed E-state index contributed by atoms with van der Waals surface area (Å²) in [6, 6.07) is 12.9. The van der Waals surface area contributed by atoms with E-state index < -0.39 is 29.1 Å². The molecular formula is C37H41NO12. The summed E-state index contributed by atoms with van der Waals surface area (Å²) in [5, 5.41) is 21.5. The summed E-state index contributed by atoms with van der Waals surface area (Å²) in [6.45, 7) is 0.651. The molecule has 50 heavy (non-hydrogen) atoms. The number of phenols is 1. The van der Waals surface area contributed by atoms with E-state index in [0.29, 0.717) is 47.3 Å². The van der Waals surface area contributed by atoms with Crippen LogP contribution < -0.4 is 33.8 Å². The number of aromatic hydroxyl groups is 2. The van der Waals surface area contributed by atoms with Crippen molar-refractivity contribution in [1.29, 1.82) is 0 Å². The van der Waals surface area contributed by atoms with Crippen molar-refractivity contribution in [3.63, 3.8) is 0 Å². The number of rotatable bonds is 13. The molecule has 13 nitrogen and oxygen atoms in total. The zero-order valence-electron chi connectivity index (χ0n) is 29.0. The minimum Gasteiger partial charge on any atom is -0.504 e. The molecule has 4 aromatic rings. The van der Waals surface area contributed by atoms with Crippen LogP contribution in [0.3, 0.4) is 0 Å². The number of hydrogen-bond donors (Lipinski definition) is 2. The first kappa shape index (κ1) is 35.7. The third kappa shape index (κ3) is 6.95. The van der Waals surface area contributed by atoms with Gasteiger partial charge in [-0.15, -0.1) is 0 Å². The van der Waals surface area contributed by atoms with Gasteiger partial charge in [0, 0.05) is 12.6 Å². The normalized spacial score (nSPS) is 14.7. The summed E-state index contributed by atoms with van der Waals surface area (Å²) < 4.78 is 44.6. The van der Waals surface area contributed by atoms with Crippen molar-refractivity contribution >= 4 is 5.97 Å². The molecule has 2 heterocycles. The van der Waals surface area contributed by atoms with Crippen LogP contribution in [0.15, 0.2) is 57.7 Å². The zero-order valence-corrected chi connectivity index (χ0v) is 29.0. The highest BCUT2D eigenvalue weighted by Crippen LogP contribution is 2.46. The van der Waals surface area contributed by atoms with Gasteiger partial charge in [-0.05, 0) is 65.1 Å². The predicted molar refractivity (Wildman–Crippen MR) is 181 cm³/mol. The quantitative estimate of drug-likeness (QED) is 0.182. The third-order valence-electron chi connectivity index (χ3n) is 8.86. The van der Waals surface area contributed by atoms with Gasteiger partial charge in [0.15, 0.2) is 40.3 Å². The molecule has 5 rings (SSSR count). The molecule has 0 fully saturated rings. The molecule has 0 radical (unpaired) electrons. The van der Waals surface area contributed by atoms with E-state index in [-0.39, 0.29) is 36.0 Å². The maximum atomic E-state index is 13.3. The Kier molecular flexibility index (Phi) is 11.0. The lowest BCUT2D eigenvalue weighted by molar-refractivity contribution is -0.140. The molecule has 266 valence electrons. The molecule has 2 N–H and O–H groups in total. The van der Waals surface area contributed by atoms with E-state index in [1.54, 1.807) is 34.5 Å². The molecule has 0 amide bonds. The third-order valence-corrected chi connectivity index (χ3v) is 8.86. The van der Waals surface area contributed by atoms with Gasteiger partial charge >= 0.3 is 5.97 Å². The van der Waals surface area contributed by atoms with E-state index in [1.807, 2.05) is 24.3 Å². The number of esters is 1. The molecule has 0 saturated carbocycles. The van der Waals surface area contributed by atoms with Crippen molar-refractivity contribution in [3.05, 3.63) is 92.5 Å². The molecule has 0 saturated heterocycles. The number of nitrogens with zero attached hydrogens (tertiary/aromatic N) is 1. The van der Waals surface area contributed by atoms with Gasteiger partial charge in [0.25, 0.3) is 0 Å². The van der Waals surface area contributed by atoms with Crippen LogP contribution in [-0.2, 0) is 22.5 Å². The molecule has 1 aliphatic heterocycles. The molecule has 13 heteroatoms. The number of phenolic OH excluding ortho intramolecular Hbond substituents is 1. The fourth-order valence-electron chi connectivity index (χ4n) is 6.42. The molecule has 0 spiro atoms. The first-order chi connectivity index (χ1) is 24.1. The van der Waals surface area contributed by atoms with Crippen molar-refractivity contribution in [2.45, 2.75) is 31.3 Å². The first-order valence-corrected chi connectivity index (χ1v) is 15.7. The van der Waals surface area contributed by atoms with Gasteiger partial charge in [-0.3, -0.25) is 14.5 Å². The first-order valence-electron chi connectivity index (χ1n) is 15.7. The molecule has 0 unspecified atom stereocenters. The number of ether oxygens (including phenoxy) is 7. The van der Waals surface area contributed by atoms with Crippen molar-refractivity contribution < 1.29 is 52.6 Å². The zero-order chi connectivity index (χ0) is 36.1. The van der Waals surface area contributed by atoms with Crippen LogP contribution in [0.25, 0.3) is 0 Å². The maximum absolute atomic E-state index is 13.3. The van der Waals surface area contributed by atoms with Crippen LogP contribution in [-0.4, -0.2) is 77.4 Å². The summed E-state index contributed by atoms with van der Waals surface area (Å²) in [4.78, 5) is 28.0. The van der Waals surface area contributed by atoms with Crippen molar-refractivity contribution in [1.82, 2.24) is 4.90 Å². The molecule has 2 atom stereocenters. The highest BCUT2D eigenvalue weighted by Gasteiger charge is 2.34. The van der Waals surface area contributed by atoms with Gasteiger partial charge in [0.2, 0.25) is 16.9 Å². The van der Waals surface area contributed by atoms with Crippen LogP contribution >= 0.6 is 0 Å². The van der Waals surface area contributed by atoms with Crippen molar-refractivity contribution in [2.24, 2.45) is 0 Å².